The summed E-state index contributed by atoms with van der Waals surface area (Å²) < 4.78 is 16.6. The zero-order valence-corrected chi connectivity index (χ0v) is 18.5. The second-order valence-corrected chi connectivity index (χ2v) is 10.7. The Hall–Kier alpha value is -1.88. The number of thiazole rings is 1. The monoisotopic (exact) mass is 425 g/mol. The molecule has 0 radical (unpaired) electrons. The van der Waals surface area contributed by atoms with Crippen molar-refractivity contribution in [1.82, 2.24) is 9.97 Å². The van der Waals surface area contributed by atoms with Crippen molar-refractivity contribution in [2.75, 3.05) is 5.32 Å². The molecule has 0 unspecified atom stereocenters. The highest BCUT2D eigenvalue weighted by Crippen LogP contribution is 2.32. The highest BCUT2D eigenvalue weighted by molar-refractivity contribution is 7.93. The number of nitrogens with two attached hydrogens (primary N) is 1. The predicted octanol–water partition coefficient (Wildman–Crippen LogP) is 3.95. The van der Waals surface area contributed by atoms with E-state index in [0.717, 1.165) is 22.5 Å². The minimum absolute atomic E-state index is 0.125. The van der Waals surface area contributed by atoms with Gasteiger partial charge in [-0.2, -0.15) is 0 Å². The van der Waals surface area contributed by atoms with Gasteiger partial charge in [-0.15, -0.1) is 15.7 Å². The van der Waals surface area contributed by atoms with E-state index in [1.165, 1.54) is 6.20 Å². The normalized spacial score (nSPS) is 14.2. The standard InChI is InChI=1S/C18H27N5O3S2/c1-10(2)12-7-20-8-13(11(3)4)15(12)22-17(24)23-28(19,26)14-9-21-16(27-14)18(5,6)25/h7-11,25H,1-6H3,(H3,19,20,22,23,24,26)/t28-/m0/s1. The lowest BCUT2D eigenvalue weighted by Crippen LogP contribution is -2.18. The van der Waals surface area contributed by atoms with Crippen LogP contribution in [0.5, 0.6) is 0 Å². The van der Waals surface area contributed by atoms with Gasteiger partial charge in [-0.3, -0.25) is 4.98 Å². The van der Waals surface area contributed by atoms with Crippen LogP contribution in [0.25, 0.3) is 0 Å². The van der Waals surface area contributed by atoms with Crippen molar-refractivity contribution in [3.05, 3.63) is 34.7 Å². The van der Waals surface area contributed by atoms with Crippen molar-refractivity contribution in [2.45, 2.75) is 63.2 Å². The number of aromatic nitrogens is 2. The van der Waals surface area contributed by atoms with Crippen LogP contribution < -0.4 is 10.5 Å². The van der Waals surface area contributed by atoms with Gasteiger partial charge in [0.2, 0.25) is 0 Å². The van der Waals surface area contributed by atoms with Gasteiger partial charge in [-0.1, -0.05) is 27.7 Å². The molecule has 2 amide bonds. The van der Waals surface area contributed by atoms with E-state index in [1.54, 1.807) is 26.2 Å². The van der Waals surface area contributed by atoms with Crippen LogP contribution in [-0.2, 0) is 15.5 Å². The lowest BCUT2D eigenvalue weighted by atomic mass is 9.95. The third-order valence-electron chi connectivity index (χ3n) is 4.00. The second kappa shape index (κ2) is 8.24. The van der Waals surface area contributed by atoms with Crippen LogP contribution in [0.2, 0.25) is 0 Å². The van der Waals surface area contributed by atoms with E-state index in [-0.39, 0.29) is 16.0 Å². The Kier molecular flexibility index (Phi) is 6.59. The Morgan fingerprint density at radius 1 is 1.21 bits per heavy atom. The molecule has 0 aliphatic carbocycles. The number of carbonyl (C=O) groups excluding carboxylic acids is 1. The Balaban J connectivity index is 2.40. The number of carbonyl (C=O) groups is 1. The number of nitrogens with one attached hydrogen (secondary N) is 1. The smallest absolute Gasteiger partial charge is 0.354 e. The summed E-state index contributed by atoms with van der Waals surface area (Å²) in [5.74, 6) is 0.249. The number of urea groups is 1. The number of hydrogen-bond acceptors (Lipinski definition) is 6. The molecular formula is C18H27N5O3S2. The number of anilines is 1. The molecule has 0 fully saturated rings. The van der Waals surface area contributed by atoms with Gasteiger partial charge in [-0.05, 0) is 36.8 Å². The molecule has 154 valence electrons. The van der Waals surface area contributed by atoms with Crippen LogP contribution in [0.15, 0.2) is 27.2 Å². The van der Waals surface area contributed by atoms with Crippen LogP contribution in [0.4, 0.5) is 10.5 Å². The van der Waals surface area contributed by atoms with E-state index < -0.39 is 21.5 Å². The molecule has 10 heteroatoms. The highest BCUT2D eigenvalue weighted by Gasteiger charge is 2.24. The molecule has 0 aliphatic rings. The topological polar surface area (TPSA) is 131 Å². The number of rotatable bonds is 5. The molecule has 0 saturated heterocycles. The Morgan fingerprint density at radius 3 is 2.18 bits per heavy atom. The first-order valence-electron chi connectivity index (χ1n) is 8.85. The van der Waals surface area contributed by atoms with Gasteiger partial charge < -0.3 is 10.4 Å². The minimum atomic E-state index is -3.49. The molecule has 0 saturated carbocycles. The highest BCUT2D eigenvalue weighted by atomic mass is 32.2. The van der Waals surface area contributed by atoms with Gasteiger partial charge in [0.25, 0.3) is 0 Å². The Bertz CT molecular complexity index is 957. The van der Waals surface area contributed by atoms with Gasteiger partial charge >= 0.3 is 6.03 Å². The van der Waals surface area contributed by atoms with Crippen LogP contribution in [0, 0.1) is 0 Å². The summed E-state index contributed by atoms with van der Waals surface area (Å²) in [4.78, 5) is 20.8. The van der Waals surface area contributed by atoms with Crippen molar-refractivity contribution < 1.29 is 14.1 Å². The predicted molar refractivity (Wildman–Crippen MR) is 112 cm³/mol. The quantitative estimate of drug-likeness (QED) is 0.668. The minimum Gasteiger partial charge on any atom is -0.383 e. The molecule has 2 heterocycles. The molecular weight excluding hydrogens is 398 g/mol. The van der Waals surface area contributed by atoms with Gasteiger partial charge in [0.1, 0.15) is 14.8 Å². The molecule has 8 nitrogen and oxygen atoms in total. The Morgan fingerprint density at radius 2 is 1.75 bits per heavy atom. The van der Waals surface area contributed by atoms with E-state index in [4.69, 9.17) is 5.14 Å². The van der Waals surface area contributed by atoms with Crippen molar-refractivity contribution in [2.24, 2.45) is 9.50 Å². The van der Waals surface area contributed by atoms with Crippen LogP contribution >= 0.6 is 11.3 Å². The molecule has 0 spiro atoms. The summed E-state index contributed by atoms with van der Waals surface area (Å²) in [6.07, 6.45) is 4.68. The van der Waals surface area contributed by atoms with Gasteiger partial charge in [-0.25, -0.2) is 19.1 Å². The third kappa shape index (κ3) is 5.13. The lowest BCUT2D eigenvalue weighted by molar-refractivity contribution is 0.0783. The van der Waals surface area contributed by atoms with Crippen molar-refractivity contribution in [3.8, 4) is 0 Å². The maximum atomic E-state index is 12.8. The second-order valence-electron chi connectivity index (χ2n) is 7.64. The summed E-state index contributed by atoms with van der Waals surface area (Å²) in [7, 11) is -3.49. The molecule has 0 bridgehead atoms. The van der Waals surface area contributed by atoms with E-state index in [9.17, 15) is 14.1 Å². The lowest BCUT2D eigenvalue weighted by Gasteiger charge is -2.18. The van der Waals surface area contributed by atoms with Gasteiger partial charge in [0, 0.05) is 12.4 Å². The van der Waals surface area contributed by atoms with Crippen molar-refractivity contribution >= 4 is 33.0 Å². The van der Waals surface area contributed by atoms with Crippen molar-refractivity contribution in [3.63, 3.8) is 0 Å². The number of hydrogen-bond donors (Lipinski definition) is 3. The average Bonchev–Trinajstić information content (AvgIpc) is 3.05. The first-order chi connectivity index (χ1) is 12.8. The van der Waals surface area contributed by atoms with Crippen LogP contribution in [-0.4, -0.2) is 25.3 Å². The molecule has 4 N–H and O–H groups in total. The fourth-order valence-electron chi connectivity index (χ4n) is 2.49. The maximum Gasteiger partial charge on any atom is 0.354 e. The zero-order valence-electron chi connectivity index (χ0n) is 16.9. The first-order valence-corrected chi connectivity index (χ1v) is 11.2. The molecule has 0 aliphatic heterocycles. The first kappa shape index (κ1) is 22.4. The summed E-state index contributed by atoms with van der Waals surface area (Å²) in [5, 5.41) is 18.9. The zero-order chi connectivity index (χ0) is 21.3. The third-order valence-corrected chi connectivity index (χ3v) is 7.19. The fraction of sp³-hybridized carbons (Fsp3) is 0.500. The van der Waals surface area contributed by atoms with E-state index >= 15 is 0 Å². The molecule has 2 rings (SSSR count). The van der Waals surface area contributed by atoms with Crippen molar-refractivity contribution in [1.29, 1.82) is 0 Å². The van der Waals surface area contributed by atoms with Crippen LogP contribution in [0.1, 0.15) is 69.5 Å². The summed E-state index contributed by atoms with van der Waals surface area (Å²) in [6.45, 7) is 11.1. The molecule has 2 aromatic rings. The number of aliphatic hydroxyl groups is 1. The Labute approximate surface area is 169 Å². The molecule has 28 heavy (non-hydrogen) atoms. The van der Waals surface area contributed by atoms with E-state index in [1.807, 2.05) is 27.7 Å². The van der Waals surface area contributed by atoms with Crippen LogP contribution in [0.3, 0.4) is 0 Å². The molecule has 1 atom stereocenters. The number of nitrogens with zero attached hydrogens (tertiary/aromatic N) is 3. The van der Waals surface area contributed by atoms with Gasteiger partial charge in [0.15, 0.2) is 9.92 Å². The SMILES string of the molecule is CC(C)c1cncc(C(C)C)c1NC(=O)N=[S@](N)(=O)c1cnc(C(C)(C)O)s1. The molecule has 2 aromatic heterocycles. The summed E-state index contributed by atoms with van der Waals surface area (Å²) in [5.41, 5.74) is 1.14. The molecule has 0 aromatic carbocycles. The summed E-state index contributed by atoms with van der Waals surface area (Å²) in [6, 6.07) is -0.805. The fourth-order valence-corrected chi connectivity index (χ4v) is 4.55. The maximum absolute atomic E-state index is 12.8. The van der Waals surface area contributed by atoms with E-state index in [2.05, 4.69) is 19.6 Å². The largest absolute Gasteiger partial charge is 0.383 e. The summed E-state index contributed by atoms with van der Waals surface area (Å²) >= 11 is 0.966. The van der Waals surface area contributed by atoms with E-state index in [0.29, 0.717) is 10.7 Å². The van der Waals surface area contributed by atoms with Gasteiger partial charge in [0.05, 0.1) is 11.9 Å². The average molecular weight is 426 g/mol. The number of amides is 2. The number of pyridine rings is 1.